The third-order valence-corrected chi connectivity index (χ3v) is 2.30. The van der Waals surface area contributed by atoms with Gasteiger partial charge in [0.15, 0.2) is 0 Å². The number of nitrogens with one attached hydrogen (secondary N) is 1. The predicted octanol–water partition coefficient (Wildman–Crippen LogP) is 1.31. The second kappa shape index (κ2) is 2.84. The molecule has 3 aromatic heterocycles. The number of anilines is 1. The van der Waals surface area contributed by atoms with E-state index < -0.39 is 0 Å². The topological polar surface area (TPSA) is 72.0 Å². The van der Waals surface area contributed by atoms with E-state index in [0.29, 0.717) is 5.82 Å². The average molecular weight is 199 g/mol. The molecule has 0 radical (unpaired) electrons. The fourth-order valence-corrected chi connectivity index (χ4v) is 1.59. The van der Waals surface area contributed by atoms with Crippen LogP contribution in [-0.2, 0) is 0 Å². The van der Waals surface area contributed by atoms with Gasteiger partial charge in [0.25, 0.3) is 0 Å². The van der Waals surface area contributed by atoms with Crippen LogP contribution in [0.4, 0.5) is 5.82 Å². The van der Waals surface area contributed by atoms with Gasteiger partial charge in [0.05, 0.1) is 12.4 Å². The molecule has 0 spiro atoms. The fraction of sp³-hybridized carbons (Fsp3) is 0. The first-order valence-corrected chi connectivity index (χ1v) is 4.56. The highest BCUT2D eigenvalue weighted by molar-refractivity contribution is 5.63. The number of hydrogen-bond acceptors (Lipinski definition) is 3. The molecule has 0 amide bonds. The third kappa shape index (κ3) is 1.25. The minimum atomic E-state index is 0.527. The molecule has 5 heteroatoms. The predicted molar refractivity (Wildman–Crippen MR) is 57.2 cm³/mol. The summed E-state index contributed by atoms with van der Waals surface area (Å²) in [5, 5.41) is 6.69. The summed E-state index contributed by atoms with van der Waals surface area (Å²) >= 11 is 0. The first-order valence-electron chi connectivity index (χ1n) is 4.56. The summed E-state index contributed by atoms with van der Waals surface area (Å²) in [5.74, 6) is 0.527. The molecule has 0 bridgehead atoms. The highest BCUT2D eigenvalue weighted by atomic mass is 15.1. The molecular formula is C10H9N5. The monoisotopic (exact) mass is 199 g/mol. The molecule has 0 aliphatic carbocycles. The molecule has 0 aromatic carbocycles. The molecule has 3 N–H and O–H groups in total. The van der Waals surface area contributed by atoms with Crippen molar-refractivity contribution < 1.29 is 0 Å². The molecule has 0 unspecified atom stereocenters. The molecule has 0 saturated carbocycles. The average Bonchev–Trinajstić information content (AvgIpc) is 2.82. The van der Waals surface area contributed by atoms with E-state index in [1.807, 2.05) is 28.9 Å². The summed E-state index contributed by atoms with van der Waals surface area (Å²) in [6.07, 6.45) is 7.39. The largest absolute Gasteiger partial charge is 0.382 e. The molecule has 0 aliphatic rings. The van der Waals surface area contributed by atoms with Crippen LogP contribution in [0.2, 0.25) is 0 Å². The van der Waals surface area contributed by atoms with E-state index in [1.165, 1.54) is 0 Å². The number of aromatic amines is 1. The maximum Gasteiger partial charge on any atom is 0.142 e. The van der Waals surface area contributed by atoms with Gasteiger partial charge in [0.2, 0.25) is 0 Å². The molecule has 15 heavy (non-hydrogen) atoms. The van der Waals surface area contributed by atoms with Crippen LogP contribution in [0, 0.1) is 0 Å². The number of imidazole rings is 1. The van der Waals surface area contributed by atoms with E-state index in [9.17, 15) is 0 Å². The van der Waals surface area contributed by atoms with Gasteiger partial charge < -0.3 is 10.1 Å². The Bertz CT molecular complexity index is 593. The second-order valence-electron chi connectivity index (χ2n) is 3.34. The quantitative estimate of drug-likeness (QED) is 0.620. The Morgan fingerprint density at radius 1 is 1.20 bits per heavy atom. The normalized spacial score (nSPS) is 10.9. The lowest BCUT2D eigenvalue weighted by atomic mass is 10.2. The van der Waals surface area contributed by atoms with Gasteiger partial charge in [-0.25, -0.2) is 4.98 Å². The van der Waals surface area contributed by atoms with Crippen molar-refractivity contribution in [2.45, 2.75) is 0 Å². The van der Waals surface area contributed by atoms with Crippen molar-refractivity contribution in [1.82, 2.24) is 19.6 Å². The molecule has 0 saturated heterocycles. The standard InChI is InChI=1S/C10H9N5/c11-9-6-15-5-7(1-2-10(15)14-9)8-3-12-13-4-8/h1-6H,11H2,(H,12,13). The Hall–Kier alpha value is -2.30. The zero-order valence-corrected chi connectivity index (χ0v) is 7.88. The van der Waals surface area contributed by atoms with Crippen molar-refractivity contribution in [3.05, 3.63) is 36.9 Å². The molecule has 3 rings (SSSR count). The number of H-pyrrole nitrogens is 1. The summed E-state index contributed by atoms with van der Waals surface area (Å²) in [6.45, 7) is 0. The van der Waals surface area contributed by atoms with Gasteiger partial charge in [-0.05, 0) is 12.1 Å². The van der Waals surface area contributed by atoms with Crippen LogP contribution < -0.4 is 5.73 Å². The summed E-state index contributed by atoms with van der Waals surface area (Å²) < 4.78 is 1.90. The number of nitrogens with zero attached hydrogens (tertiary/aromatic N) is 3. The number of fused-ring (bicyclic) bond motifs is 1. The Labute approximate surface area is 85.6 Å². The molecule has 0 fully saturated rings. The molecule has 3 aromatic rings. The van der Waals surface area contributed by atoms with Gasteiger partial charge in [0.1, 0.15) is 11.5 Å². The molecule has 0 atom stereocenters. The number of nitrogens with two attached hydrogens (primary N) is 1. The maximum atomic E-state index is 5.61. The number of pyridine rings is 1. The van der Waals surface area contributed by atoms with E-state index in [1.54, 1.807) is 12.4 Å². The molecule has 74 valence electrons. The number of hydrogen-bond donors (Lipinski definition) is 2. The Morgan fingerprint density at radius 3 is 2.93 bits per heavy atom. The van der Waals surface area contributed by atoms with E-state index in [4.69, 9.17) is 5.73 Å². The van der Waals surface area contributed by atoms with Crippen molar-refractivity contribution in [3.8, 4) is 11.1 Å². The lowest BCUT2D eigenvalue weighted by Gasteiger charge is -1.97. The van der Waals surface area contributed by atoms with Crippen LogP contribution >= 0.6 is 0 Å². The number of rotatable bonds is 1. The minimum Gasteiger partial charge on any atom is -0.382 e. The van der Waals surface area contributed by atoms with Gasteiger partial charge in [-0.3, -0.25) is 5.10 Å². The Kier molecular flexibility index (Phi) is 1.53. The van der Waals surface area contributed by atoms with Crippen LogP contribution in [0.1, 0.15) is 0 Å². The molecule has 0 aliphatic heterocycles. The van der Waals surface area contributed by atoms with Crippen LogP contribution in [0.3, 0.4) is 0 Å². The summed E-state index contributed by atoms with van der Waals surface area (Å²) in [5.41, 5.74) is 8.58. The van der Waals surface area contributed by atoms with Gasteiger partial charge in [-0.15, -0.1) is 0 Å². The van der Waals surface area contributed by atoms with Gasteiger partial charge in [-0.1, -0.05) is 0 Å². The zero-order chi connectivity index (χ0) is 10.3. The Balaban J connectivity index is 2.21. The summed E-state index contributed by atoms with van der Waals surface area (Å²) in [6, 6.07) is 3.92. The fourth-order valence-electron chi connectivity index (χ4n) is 1.59. The number of nitrogen functional groups attached to an aromatic ring is 1. The highest BCUT2D eigenvalue weighted by Gasteiger charge is 2.02. The minimum absolute atomic E-state index is 0.527. The maximum absolute atomic E-state index is 5.61. The van der Waals surface area contributed by atoms with Crippen LogP contribution in [-0.4, -0.2) is 19.6 Å². The summed E-state index contributed by atoms with van der Waals surface area (Å²) in [4.78, 5) is 4.15. The molecule has 3 heterocycles. The van der Waals surface area contributed by atoms with E-state index >= 15 is 0 Å². The Morgan fingerprint density at radius 2 is 2.13 bits per heavy atom. The number of aromatic nitrogens is 4. The lowest BCUT2D eigenvalue weighted by molar-refractivity contribution is 1.09. The van der Waals surface area contributed by atoms with Crippen LogP contribution in [0.5, 0.6) is 0 Å². The first kappa shape index (κ1) is 8.05. The van der Waals surface area contributed by atoms with E-state index in [-0.39, 0.29) is 0 Å². The van der Waals surface area contributed by atoms with Crippen LogP contribution in [0.25, 0.3) is 16.8 Å². The van der Waals surface area contributed by atoms with Crippen molar-refractivity contribution >= 4 is 11.5 Å². The van der Waals surface area contributed by atoms with Crippen molar-refractivity contribution in [2.75, 3.05) is 5.73 Å². The zero-order valence-electron chi connectivity index (χ0n) is 7.88. The highest BCUT2D eigenvalue weighted by Crippen LogP contribution is 2.18. The third-order valence-electron chi connectivity index (χ3n) is 2.30. The summed E-state index contributed by atoms with van der Waals surface area (Å²) in [7, 11) is 0. The van der Waals surface area contributed by atoms with Gasteiger partial charge >= 0.3 is 0 Å². The first-order chi connectivity index (χ1) is 7.33. The van der Waals surface area contributed by atoms with Crippen molar-refractivity contribution in [1.29, 1.82) is 0 Å². The smallest absolute Gasteiger partial charge is 0.142 e. The van der Waals surface area contributed by atoms with Gasteiger partial charge in [-0.2, -0.15) is 5.10 Å². The van der Waals surface area contributed by atoms with Crippen molar-refractivity contribution in [2.24, 2.45) is 0 Å². The van der Waals surface area contributed by atoms with Crippen LogP contribution in [0.15, 0.2) is 36.9 Å². The van der Waals surface area contributed by atoms with E-state index in [0.717, 1.165) is 16.8 Å². The second-order valence-corrected chi connectivity index (χ2v) is 3.34. The van der Waals surface area contributed by atoms with Gasteiger partial charge in [0, 0.05) is 23.5 Å². The van der Waals surface area contributed by atoms with E-state index in [2.05, 4.69) is 15.2 Å². The molecule has 5 nitrogen and oxygen atoms in total. The van der Waals surface area contributed by atoms with Crippen molar-refractivity contribution in [3.63, 3.8) is 0 Å². The molecular weight excluding hydrogens is 190 g/mol. The SMILES string of the molecule is Nc1cn2cc(-c3cn[nH]c3)ccc2n1. The lowest BCUT2D eigenvalue weighted by Crippen LogP contribution is -1.83.